The van der Waals surface area contributed by atoms with Crippen LogP contribution in [0.25, 0.3) is 0 Å². The third-order valence-corrected chi connectivity index (χ3v) is 2.96. The van der Waals surface area contributed by atoms with Gasteiger partial charge < -0.3 is 10.5 Å². The highest BCUT2D eigenvalue weighted by molar-refractivity contribution is 5.44. The van der Waals surface area contributed by atoms with Crippen molar-refractivity contribution in [1.29, 1.82) is 0 Å². The molecule has 0 fully saturated rings. The predicted molar refractivity (Wildman–Crippen MR) is 73.8 cm³/mol. The lowest BCUT2D eigenvalue weighted by molar-refractivity contribution is 0.406. The monoisotopic (exact) mass is 235 g/mol. The SMILES string of the molecule is COc1cc(C)c(CC(C)(C)N)cc1C(C)C. The molecule has 0 aromatic heterocycles. The highest BCUT2D eigenvalue weighted by atomic mass is 16.5. The van der Waals surface area contributed by atoms with E-state index in [2.05, 4.69) is 46.8 Å². The van der Waals surface area contributed by atoms with Crippen molar-refractivity contribution in [3.63, 3.8) is 0 Å². The first kappa shape index (κ1) is 14.0. The minimum Gasteiger partial charge on any atom is -0.496 e. The first-order chi connectivity index (χ1) is 7.74. The van der Waals surface area contributed by atoms with Crippen LogP contribution in [0.1, 0.15) is 50.3 Å². The number of rotatable bonds is 4. The van der Waals surface area contributed by atoms with Crippen LogP contribution in [0.5, 0.6) is 5.75 Å². The summed E-state index contributed by atoms with van der Waals surface area (Å²) in [6, 6.07) is 4.36. The summed E-state index contributed by atoms with van der Waals surface area (Å²) in [5.41, 5.74) is 9.77. The molecule has 1 aromatic rings. The van der Waals surface area contributed by atoms with Crippen molar-refractivity contribution < 1.29 is 4.74 Å². The molecule has 0 spiro atoms. The summed E-state index contributed by atoms with van der Waals surface area (Å²) < 4.78 is 5.44. The van der Waals surface area contributed by atoms with Crippen LogP contribution < -0.4 is 10.5 Å². The second-order valence-electron chi connectivity index (χ2n) is 5.84. The predicted octanol–water partition coefficient (Wildman–Crippen LogP) is 3.41. The van der Waals surface area contributed by atoms with Gasteiger partial charge in [-0.1, -0.05) is 19.9 Å². The summed E-state index contributed by atoms with van der Waals surface area (Å²) >= 11 is 0. The molecule has 0 amide bonds. The second kappa shape index (κ2) is 5.09. The Bertz CT molecular complexity index is 389. The molecule has 96 valence electrons. The second-order valence-corrected chi connectivity index (χ2v) is 5.84. The molecule has 0 aliphatic carbocycles. The van der Waals surface area contributed by atoms with Crippen molar-refractivity contribution >= 4 is 0 Å². The van der Waals surface area contributed by atoms with Crippen LogP contribution in [0.15, 0.2) is 12.1 Å². The van der Waals surface area contributed by atoms with Gasteiger partial charge in [0.25, 0.3) is 0 Å². The zero-order chi connectivity index (χ0) is 13.2. The number of aryl methyl sites for hydroxylation is 1. The molecule has 0 radical (unpaired) electrons. The number of benzene rings is 1. The summed E-state index contributed by atoms with van der Waals surface area (Å²) in [4.78, 5) is 0. The van der Waals surface area contributed by atoms with Gasteiger partial charge in [0.05, 0.1) is 7.11 Å². The smallest absolute Gasteiger partial charge is 0.122 e. The molecular formula is C15H25NO. The first-order valence-electron chi connectivity index (χ1n) is 6.21. The molecule has 17 heavy (non-hydrogen) atoms. The summed E-state index contributed by atoms with van der Waals surface area (Å²) in [5.74, 6) is 1.45. The normalized spacial score (nSPS) is 12.0. The van der Waals surface area contributed by atoms with Gasteiger partial charge in [-0.3, -0.25) is 0 Å². The van der Waals surface area contributed by atoms with Gasteiger partial charge >= 0.3 is 0 Å². The standard InChI is InChI=1S/C15H25NO/c1-10(2)13-8-12(9-15(4,5)16)11(3)7-14(13)17-6/h7-8,10H,9,16H2,1-6H3. The Morgan fingerprint density at radius 1 is 1.29 bits per heavy atom. The first-order valence-corrected chi connectivity index (χ1v) is 6.21. The molecule has 0 aliphatic heterocycles. The van der Waals surface area contributed by atoms with Gasteiger partial charge in [0, 0.05) is 5.54 Å². The molecular weight excluding hydrogens is 210 g/mol. The van der Waals surface area contributed by atoms with E-state index in [1.807, 2.05) is 0 Å². The van der Waals surface area contributed by atoms with Crippen LogP contribution in [0.4, 0.5) is 0 Å². The molecule has 0 heterocycles. The van der Waals surface area contributed by atoms with Crippen molar-refractivity contribution in [2.45, 2.75) is 52.5 Å². The molecule has 2 heteroatoms. The van der Waals surface area contributed by atoms with Crippen LogP contribution in [0.2, 0.25) is 0 Å². The van der Waals surface area contributed by atoms with Gasteiger partial charge in [0.1, 0.15) is 5.75 Å². The average Bonchev–Trinajstić information content (AvgIpc) is 2.18. The van der Waals surface area contributed by atoms with Crippen molar-refractivity contribution in [3.05, 3.63) is 28.8 Å². The van der Waals surface area contributed by atoms with Crippen molar-refractivity contribution in [2.75, 3.05) is 7.11 Å². The Balaban J connectivity index is 3.20. The van der Waals surface area contributed by atoms with Gasteiger partial charge in [-0.2, -0.15) is 0 Å². The molecule has 1 aromatic carbocycles. The van der Waals surface area contributed by atoms with Crippen molar-refractivity contribution in [2.24, 2.45) is 5.73 Å². The lowest BCUT2D eigenvalue weighted by Gasteiger charge is -2.22. The van der Waals surface area contributed by atoms with E-state index >= 15 is 0 Å². The van der Waals surface area contributed by atoms with Gasteiger partial charge in [-0.15, -0.1) is 0 Å². The van der Waals surface area contributed by atoms with Crippen molar-refractivity contribution in [1.82, 2.24) is 0 Å². The zero-order valence-electron chi connectivity index (χ0n) is 11.9. The highest BCUT2D eigenvalue weighted by Crippen LogP contribution is 2.30. The quantitative estimate of drug-likeness (QED) is 0.868. The van der Waals surface area contributed by atoms with E-state index in [1.165, 1.54) is 16.7 Å². The highest BCUT2D eigenvalue weighted by Gasteiger charge is 2.16. The molecule has 0 unspecified atom stereocenters. The topological polar surface area (TPSA) is 35.2 Å². The van der Waals surface area contributed by atoms with E-state index in [4.69, 9.17) is 10.5 Å². The van der Waals surface area contributed by atoms with Crippen molar-refractivity contribution in [3.8, 4) is 5.75 Å². The molecule has 2 N–H and O–H groups in total. The van der Waals surface area contributed by atoms with Gasteiger partial charge in [0.15, 0.2) is 0 Å². The van der Waals surface area contributed by atoms with Crippen LogP contribution in [-0.4, -0.2) is 12.6 Å². The Morgan fingerprint density at radius 3 is 2.29 bits per heavy atom. The minimum atomic E-state index is -0.173. The number of hydrogen-bond acceptors (Lipinski definition) is 2. The average molecular weight is 235 g/mol. The van der Waals surface area contributed by atoms with E-state index in [1.54, 1.807) is 7.11 Å². The Morgan fingerprint density at radius 2 is 1.88 bits per heavy atom. The summed E-state index contributed by atoms with van der Waals surface area (Å²) in [6.07, 6.45) is 0.891. The fraction of sp³-hybridized carbons (Fsp3) is 0.600. The van der Waals surface area contributed by atoms with Crippen LogP contribution in [-0.2, 0) is 6.42 Å². The third kappa shape index (κ3) is 3.74. The van der Waals surface area contributed by atoms with E-state index in [9.17, 15) is 0 Å². The third-order valence-electron chi connectivity index (χ3n) is 2.96. The number of nitrogens with two attached hydrogens (primary N) is 1. The number of methoxy groups -OCH3 is 1. The molecule has 2 nitrogen and oxygen atoms in total. The lowest BCUT2D eigenvalue weighted by atomic mass is 9.89. The maximum atomic E-state index is 6.10. The lowest BCUT2D eigenvalue weighted by Crippen LogP contribution is -2.34. The van der Waals surface area contributed by atoms with E-state index in [0.717, 1.165) is 12.2 Å². The maximum Gasteiger partial charge on any atom is 0.122 e. The van der Waals surface area contributed by atoms with E-state index in [0.29, 0.717) is 5.92 Å². The molecule has 0 saturated carbocycles. The molecule has 1 rings (SSSR count). The molecule has 0 atom stereocenters. The van der Waals surface area contributed by atoms with Gasteiger partial charge in [-0.25, -0.2) is 0 Å². The zero-order valence-corrected chi connectivity index (χ0v) is 11.9. The Labute approximate surface area is 105 Å². The Kier molecular flexibility index (Phi) is 4.21. The van der Waals surface area contributed by atoms with Crippen LogP contribution in [0, 0.1) is 6.92 Å². The summed E-state index contributed by atoms with van der Waals surface area (Å²) in [6.45, 7) is 10.6. The largest absolute Gasteiger partial charge is 0.496 e. The minimum absolute atomic E-state index is 0.173. The van der Waals surface area contributed by atoms with Gasteiger partial charge in [-0.05, 0) is 55.9 Å². The molecule has 0 saturated heterocycles. The number of ether oxygens (including phenoxy) is 1. The summed E-state index contributed by atoms with van der Waals surface area (Å²) in [7, 11) is 1.73. The molecule has 0 aliphatic rings. The van der Waals surface area contributed by atoms with E-state index in [-0.39, 0.29) is 5.54 Å². The Hall–Kier alpha value is -1.02. The van der Waals surface area contributed by atoms with Crippen LogP contribution in [0.3, 0.4) is 0 Å². The maximum absolute atomic E-state index is 6.10. The van der Waals surface area contributed by atoms with Gasteiger partial charge in [0.2, 0.25) is 0 Å². The molecule has 0 bridgehead atoms. The van der Waals surface area contributed by atoms with Crippen LogP contribution >= 0.6 is 0 Å². The number of hydrogen-bond donors (Lipinski definition) is 1. The van der Waals surface area contributed by atoms with E-state index < -0.39 is 0 Å². The fourth-order valence-corrected chi connectivity index (χ4v) is 2.05. The summed E-state index contributed by atoms with van der Waals surface area (Å²) in [5, 5.41) is 0. The fourth-order valence-electron chi connectivity index (χ4n) is 2.05.